The molecule has 1 aromatic heterocycles. The number of likely N-dealkylation sites (tertiary alicyclic amines) is 1. The molecular formula is C15H25N5O. The van der Waals surface area contributed by atoms with Crippen molar-refractivity contribution in [3.05, 3.63) is 18.0 Å². The zero-order valence-corrected chi connectivity index (χ0v) is 13.2. The van der Waals surface area contributed by atoms with E-state index in [1.807, 2.05) is 25.9 Å². The van der Waals surface area contributed by atoms with Gasteiger partial charge in [-0.1, -0.05) is 0 Å². The van der Waals surface area contributed by atoms with Gasteiger partial charge >= 0.3 is 0 Å². The highest BCUT2D eigenvalue weighted by atomic mass is 16.2. The van der Waals surface area contributed by atoms with Crippen molar-refractivity contribution in [1.82, 2.24) is 19.8 Å². The number of likely N-dealkylation sites (N-methyl/N-ethyl adjacent to an activating group) is 1. The van der Waals surface area contributed by atoms with Crippen molar-refractivity contribution < 1.29 is 4.79 Å². The molecule has 2 heterocycles. The highest BCUT2D eigenvalue weighted by Gasteiger charge is 2.29. The third-order valence-electron chi connectivity index (χ3n) is 3.78. The lowest BCUT2D eigenvalue weighted by atomic mass is 10.1. The molecule has 1 amide bonds. The Hall–Kier alpha value is -1.69. The highest BCUT2D eigenvalue weighted by molar-refractivity contribution is 5.78. The van der Waals surface area contributed by atoms with Gasteiger partial charge in [-0.3, -0.25) is 4.79 Å². The Morgan fingerprint density at radius 3 is 2.76 bits per heavy atom. The van der Waals surface area contributed by atoms with E-state index in [-0.39, 0.29) is 5.91 Å². The number of hydrogen-bond acceptors (Lipinski definition) is 5. The van der Waals surface area contributed by atoms with Gasteiger partial charge < -0.3 is 15.1 Å². The summed E-state index contributed by atoms with van der Waals surface area (Å²) in [6.07, 6.45) is 6.19. The molecule has 0 bridgehead atoms. The molecule has 0 unspecified atom stereocenters. The zero-order valence-electron chi connectivity index (χ0n) is 13.2. The molecule has 6 nitrogen and oxygen atoms in total. The third-order valence-corrected chi connectivity index (χ3v) is 3.78. The minimum absolute atomic E-state index is 0.286. The number of anilines is 1. The summed E-state index contributed by atoms with van der Waals surface area (Å²) in [5.41, 5.74) is 1.05. The number of aromatic nitrogens is 2. The second-order valence-corrected chi connectivity index (χ2v) is 5.88. The van der Waals surface area contributed by atoms with Gasteiger partial charge in [-0.25, -0.2) is 9.97 Å². The van der Waals surface area contributed by atoms with E-state index < -0.39 is 0 Å². The Bertz CT molecular complexity index is 460. The summed E-state index contributed by atoms with van der Waals surface area (Å²) >= 11 is 0. The number of nitrogens with zero attached hydrogens (tertiary/aromatic N) is 4. The van der Waals surface area contributed by atoms with E-state index in [0.29, 0.717) is 18.4 Å². The van der Waals surface area contributed by atoms with Crippen LogP contribution in [-0.2, 0) is 4.79 Å². The zero-order chi connectivity index (χ0) is 15.2. The normalized spacial score (nSPS) is 18.6. The van der Waals surface area contributed by atoms with Crippen LogP contribution in [0.4, 0.5) is 5.95 Å². The van der Waals surface area contributed by atoms with Gasteiger partial charge in [0.05, 0.1) is 0 Å². The van der Waals surface area contributed by atoms with E-state index >= 15 is 0 Å². The highest BCUT2D eigenvalue weighted by Crippen LogP contribution is 2.21. The average molecular weight is 291 g/mol. The van der Waals surface area contributed by atoms with Crippen LogP contribution in [0.25, 0.3) is 0 Å². The Labute approximate surface area is 126 Å². The van der Waals surface area contributed by atoms with Crippen LogP contribution in [-0.4, -0.2) is 65.4 Å². The summed E-state index contributed by atoms with van der Waals surface area (Å²) in [7, 11) is 4.07. The van der Waals surface area contributed by atoms with Crippen LogP contribution < -0.4 is 5.32 Å². The van der Waals surface area contributed by atoms with Crippen LogP contribution in [0.1, 0.15) is 24.8 Å². The van der Waals surface area contributed by atoms with Gasteiger partial charge in [0.25, 0.3) is 0 Å². The molecule has 1 aliphatic rings. The van der Waals surface area contributed by atoms with Crippen molar-refractivity contribution >= 4 is 11.9 Å². The molecule has 1 aliphatic heterocycles. The number of rotatable bonds is 7. The van der Waals surface area contributed by atoms with Gasteiger partial charge in [0.15, 0.2) is 0 Å². The van der Waals surface area contributed by atoms with Crippen LogP contribution in [0.3, 0.4) is 0 Å². The van der Waals surface area contributed by atoms with Crippen molar-refractivity contribution in [2.45, 2.75) is 32.2 Å². The predicted molar refractivity (Wildman–Crippen MR) is 83.2 cm³/mol. The number of nitrogens with one attached hydrogen (secondary N) is 1. The minimum Gasteiger partial charge on any atom is -0.354 e. The predicted octanol–water partition coefficient (Wildman–Crippen LogP) is 1.14. The maximum atomic E-state index is 11.9. The molecule has 1 fully saturated rings. The molecule has 1 N–H and O–H groups in total. The molecule has 0 radical (unpaired) electrons. The van der Waals surface area contributed by atoms with Crippen LogP contribution >= 0.6 is 0 Å². The molecule has 0 saturated carbocycles. The summed E-state index contributed by atoms with van der Waals surface area (Å²) in [4.78, 5) is 24.5. The lowest BCUT2D eigenvalue weighted by molar-refractivity contribution is -0.129. The average Bonchev–Trinajstić information content (AvgIpc) is 2.79. The van der Waals surface area contributed by atoms with Gasteiger partial charge in [0.2, 0.25) is 11.9 Å². The summed E-state index contributed by atoms with van der Waals surface area (Å²) in [6.45, 7) is 4.49. The fourth-order valence-electron chi connectivity index (χ4n) is 2.54. The second-order valence-electron chi connectivity index (χ2n) is 5.88. The molecule has 1 aromatic rings. The molecule has 0 spiro atoms. The van der Waals surface area contributed by atoms with E-state index in [2.05, 4.69) is 20.2 Å². The molecule has 6 heteroatoms. The Balaban J connectivity index is 1.78. The van der Waals surface area contributed by atoms with Crippen LogP contribution in [0, 0.1) is 6.92 Å². The quantitative estimate of drug-likeness (QED) is 0.816. The molecule has 2 rings (SSSR count). The van der Waals surface area contributed by atoms with Crippen molar-refractivity contribution in [2.24, 2.45) is 0 Å². The first-order valence-electron chi connectivity index (χ1n) is 7.53. The van der Waals surface area contributed by atoms with E-state index in [9.17, 15) is 4.79 Å². The van der Waals surface area contributed by atoms with Crippen molar-refractivity contribution in [3.8, 4) is 0 Å². The maximum absolute atomic E-state index is 11.9. The summed E-state index contributed by atoms with van der Waals surface area (Å²) in [5.74, 6) is 0.943. The number of aryl methyl sites for hydroxylation is 1. The summed E-state index contributed by atoms with van der Waals surface area (Å²) in [6, 6.07) is 0.343. The molecule has 1 atom stereocenters. The first-order chi connectivity index (χ1) is 10.1. The maximum Gasteiger partial charge on any atom is 0.222 e. The van der Waals surface area contributed by atoms with Crippen molar-refractivity contribution in [2.75, 3.05) is 39.0 Å². The lowest BCUT2D eigenvalue weighted by Gasteiger charge is -2.26. The fourth-order valence-corrected chi connectivity index (χ4v) is 2.54. The van der Waals surface area contributed by atoms with E-state index in [1.165, 1.54) is 0 Å². The molecule has 116 valence electrons. The van der Waals surface area contributed by atoms with Crippen molar-refractivity contribution in [1.29, 1.82) is 0 Å². The number of hydrogen-bond donors (Lipinski definition) is 1. The smallest absolute Gasteiger partial charge is 0.222 e. The van der Waals surface area contributed by atoms with E-state index in [1.54, 1.807) is 12.4 Å². The lowest BCUT2D eigenvalue weighted by Crippen LogP contribution is -2.39. The van der Waals surface area contributed by atoms with Gasteiger partial charge in [-0.2, -0.15) is 0 Å². The minimum atomic E-state index is 0.286. The number of carbonyl (C=O) groups excluding carboxylic acids is 1. The van der Waals surface area contributed by atoms with Crippen LogP contribution in [0.5, 0.6) is 0 Å². The first kappa shape index (κ1) is 15.7. The monoisotopic (exact) mass is 291 g/mol. The molecule has 0 aromatic carbocycles. The topological polar surface area (TPSA) is 61.4 Å². The van der Waals surface area contributed by atoms with Crippen LogP contribution in [0.15, 0.2) is 12.4 Å². The summed E-state index contributed by atoms with van der Waals surface area (Å²) in [5, 5.41) is 3.23. The Morgan fingerprint density at radius 2 is 2.10 bits per heavy atom. The van der Waals surface area contributed by atoms with Gasteiger partial charge in [0, 0.05) is 44.5 Å². The molecule has 21 heavy (non-hydrogen) atoms. The number of amides is 1. The van der Waals surface area contributed by atoms with Gasteiger partial charge in [-0.05, 0) is 39.4 Å². The van der Waals surface area contributed by atoms with E-state index in [4.69, 9.17) is 0 Å². The Kier molecular flexibility index (Phi) is 5.50. The van der Waals surface area contributed by atoms with Crippen molar-refractivity contribution in [3.63, 3.8) is 0 Å². The molecule has 1 saturated heterocycles. The summed E-state index contributed by atoms with van der Waals surface area (Å²) < 4.78 is 0. The van der Waals surface area contributed by atoms with Gasteiger partial charge in [-0.15, -0.1) is 0 Å². The fraction of sp³-hybridized carbons (Fsp3) is 0.667. The first-order valence-corrected chi connectivity index (χ1v) is 7.53. The number of carbonyl (C=O) groups is 1. The largest absolute Gasteiger partial charge is 0.354 e. The SMILES string of the molecule is Cc1cnc(NCC[C@@H]2CCC(=O)N2CCN(C)C)nc1. The van der Waals surface area contributed by atoms with Crippen LogP contribution in [0.2, 0.25) is 0 Å². The molecular weight excluding hydrogens is 266 g/mol. The molecule has 0 aliphatic carbocycles. The second kappa shape index (κ2) is 7.36. The van der Waals surface area contributed by atoms with E-state index in [0.717, 1.165) is 38.0 Å². The van der Waals surface area contributed by atoms with Gasteiger partial charge in [0.1, 0.15) is 0 Å². The third kappa shape index (κ3) is 4.67. The standard InChI is InChI=1S/C15H25N5O/c1-12-10-17-15(18-11-12)16-7-6-13-4-5-14(21)20(13)9-8-19(2)3/h10-11,13H,4-9H2,1-3H3,(H,16,17,18)/t13-/m0/s1. The Morgan fingerprint density at radius 1 is 1.38 bits per heavy atom.